The summed E-state index contributed by atoms with van der Waals surface area (Å²) in [5.74, 6) is -3.00. The first-order chi connectivity index (χ1) is 16.0. The molecule has 4 aliphatic rings. The molecule has 3 saturated heterocycles. The summed E-state index contributed by atoms with van der Waals surface area (Å²) in [5.41, 5.74) is 0.148. The molecule has 33 heavy (non-hydrogen) atoms. The van der Waals surface area contributed by atoms with Crippen LogP contribution in [0, 0.1) is 17.7 Å². The number of carbonyl (C=O) groups is 3. The van der Waals surface area contributed by atoms with Crippen molar-refractivity contribution in [2.75, 3.05) is 16.8 Å². The summed E-state index contributed by atoms with van der Waals surface area (Å²) in [6, 6.07) is 17.1. The summed E-state index contributed by atoms with van der Waals surface area (Å²) >= 11 is 0. The molecule has 0 aliphatic carbocycles. The normalized spacial score (nSPS) is 30.3. The van der Waals surface area contributed by atoms with Crippen molar-refractivity contribution in [3.05, 3.63) is 72.0 Å². The quantitative estimate of drug-likeness (QED) is 0.588. The van der Waals surface area contributed by atoms with Crippen molar-refractivity contribution in [2.24, 2.45) is 11.8 Å². The van der Waals surface area contributed by atoms with Gasteiger partial charge >= 0.3 is 0 Å². The zero-order chi connectivity index (χ0) is 22.5. The third-order valence-electron chi connectivity index (χ3n) is 7.96. The van der Waals surface area contributed by atoms with E-state index in [1.165, 1.54) is 17.0 Å². The number of hydrogen-bond acceptors (Lipinski definition) is 4. The summed E-state index contributed by atoms with van der Waals surface area (Å²) in [6.07, 6.45) is 1.55. The number of anilines is 2. The first-order valence-electron chi connectivity index (χ1n) is 11.3. The number of imide groups is 1. The Balaban J connectivity index is 1.46. The standard InChI is InChI=1S/C26H20FN3O3/c27-15-10-11-18-17(13-15)26(25(33)28-18)22-21(20-9-4-12-29(20)26)23(31)30(24(22)32)19-8-3-6-14-5-1-2-7-16(14)19/h1-3,5-8,10-11,13,20-22H,4,9,12H2,(H,28,33)/t20-,21-,22+,26-/m1/s1. The van der Waals surface area contributed by atoms with Gasteiger partial charge in [0.15, 0.2) is 0 Å². The molecule has 4 aliphatic heterocycles. The highest BCUT2D eigenvalue weighted by atomic mass is 19.1. The van der Waals surface area contributed by atoms with E-state index in [-0.39, 0.29) is 23.8 Å². The minimum absolute atomic E-state index is 0.230. The number of carbonyl (C=O) groups excluding carboxylic acids is 3. The van der Waals surface area contributed by atoms with E-state index in [1.54, 1.807) is 12.1 Å². The lowest BCUT2D eigenvalue weighted by Gasteiger charge is -2.36. The van der Waals surface area contributed by atoms with Crippen molar-refractivity contribution < 1.29 is 18.8 Å². The molecule has 3 fully saturated rings. The van der Waals surface area contributed by atoms with Crippen molar-refractivity contribution in [3.63, 3.8) is 0 Å². The maximum absolute atomic E-state index is 14.4. The van der Waals surface area contributed by atoms with Gasteiger partial charge in [-0.2, -0.15) is 0 Å². The van der Waals surface area contributed by atoms with Crippen LogP contribution in [-0.4, -0.2) is 35.2 Å². The second kappa shape index (κ2) is 6.26. The first-order valence-corrected chi connectivity index (χ1v) is 11.3. The van der Waals surface area contributed by atoms with Crippen molar-refractivity contribution in [2.45, 2.75) is 24.4 Å². The molecule has 4 atom stereocenters. The number of rotatable bonds is 1. The van der Waals surface area contributed by atoms with E-state index in [9.17, 15) is 18.8 Å². The molecule has 7 heteroatoms. The lowest BCUT2D eigenvalue weighted by molar-refractivity contribution is -0.135. The molecule has 0 bridgehead atoms. The second-order valence-electron chi connectivity index (χ2n) is 9.33. The highest BCUT2D eigenvalue weighted by Gasteiger charge is 2.74. The van der Waals surface area contributed by atoms with Crippen LogP contribution in [0.25, 0.3) is 10.8 Å². The van der Waals surface area contributed by atoms with Gasteiger partial charge in [0.1, 0.15) is 11.4 Å². The van der Waals surface area contributed by atoms with Crippen molar-refractivity contribution in [3.8, 4) is 0 Å². The van der Waals surface area contributed by atoms with Crippen LogP contribution in [0.5, 0.6) is 0 Å². The lowest BCUT2D eigenvalue weighted by Crippen LogP contribution is -2.54. The fourth-order valence-corrected chi connectivity index (χ4v) is 6.82. The van der Waals surface area contributed by atoms with Crippen LogP contribution >= 0.6 is 0 Å². The Morgan fingerprint density at radius 2 is 1.79 bits per heavy atom. The van der Waals surface area contributed by atoms with Crippen LogP contribution in [0.1, 0.15) is 18.4 Å². The predicted molar refractivity (Wildman–Crippen MR) is 120 cm³/mol. The molecule has 0 aromatic heterocycles. The van der Waals surface area contributed by atoms with E-state index in [0.717, 1.165) is 23.6 Å². The molecule has 0 unspecified atom stereocenters. The molecule has 1 N–H and O–H groups in total. The van der Waals surface area contributed by atoms with Gasteiger partial charge in [-0.25, -0.2) is 9.29 Å². The predicted octanol–water partition coefficient (Wildman–Crippen LogP) is 3.41. The molecule has 0 radical (unpaired) electrons. The number of nitrogens with one attached hydrogen (secondary N) is 1. The minimum Gasteiger partial charge on any atom is -0.324 e. The third kappa shape index (κ3) is 2.13. The average molecular weight is 441 g/mol. The van der Waals surface area contributed by atoms with Gasteiger partial charge in [0.05, 0.1) is 17.5 Å². The van der Waals surface area contributed by atoms with Gasteiger partial charge in [-0.3, -0.25) is 19.3 Å². The van der Waals surface area contributed by atoms with Gasteiger partial charge in [0.2, 0.25) is 17.7 Å². The van der Waals surface area contributed by atoms with Crippen molar-refractivity contribution >= 4 is 39.9 Å². The molecule has 6 nitrogen and oxygen atoms in total. The molecule has 164 valence electrons. The average Bonchev–Trinajstić information content (AvgIpc) is 3.52. The van der Waals surface area contributed by atoms with Crippen LogP contribution in [-0.2, 0) is 19.9 Å². The van der Waals surface area contributed by atoms with Gasteiger partial charge in [-0.15, -0.1) is 0 Å². The van der Waals surface area contributed by atoms with E-state index in [2.05, 4.69) is 5.32 Å². The van der Waals surface area contributed by atoms with Crippen LogP contribution in [0.4, 0.5) is 15.8 Å². The van der Waals surface area contributed by atoms with Gasteiger partial charge in [0, 0.05) is 22.7 Å². The summed E-state index contributed by atoms with van der Waals surface area (Å²) in [7, 11) is 0. The lowest BCUT2D eigenvalue weighted by atomic mass is 9.75. The first kappa shape index (κ1) is 18.9. The molecule has 1 spiro atoms. The van der Waals surface area contributed by atoms with Gasteiger partial charge < -0.3 is 5.32 Å². The number of fused-ring (bicyclic) bond motifs is 8. The summed E-state index contributed by atoms with van der Waals surface area (Å²) in [5, 5.41) is 4.61. The molecule has 0 saturated carbocycles. The van der Waals surface area contributed by atoms with Gasteiger partial charge in [-0.05, 0) is 49.0 Å². The molecule has 3 amide bonds. The summed E-state index contributed by atoms with van der Waals surface area (Å²) in [6.45, 7) is 0.593. The maximum Gasteiger partial charge on any atom is 0.250 e. The van der Waals surface area contributed by atoms with E-state index in [0.29, 0.717) is 23.5 Å². The smallest absolute Gasteiger partial charge is 0.250 e. The number of benzene rings is 3. The third-order valence-corrected chi connectivity index (χ3v) is 7.96. The Morgan fingerprint density at radius 1 is 0.970 bits per heavy atom. The van der Waals surface area contributed by atoms with E-state index >= 15 is 0 Å². The summed E-state index contributed by atoms with van der Waals surface area (Å²) < 4.78 is 14.4. The largest absolute Gasteiger partial charge is 0.324 e. The Bertz CT molecular complexity index is 1400. The van der Waals surface area contributed by atoms with E-state index in [1.807, 2.05) is 41.3 Å². The Labute approximate surface area is 189 Å². The molecule has 3 aromatic rings. The number of nitrogens with zero attached hydrogens (tertiary/aromatic N) is 2. The second-order valence-corrected chi connectivity index (χ2v) is 9.33. The Kier molecular flexibility index (Phi) is 3.59. The topological polar surface area (TPSA) is 69.7 Å². The summed E-state index contributed by atoms with van der Waals surface area (Å²) in [4.78, 5) is 44.8. The van der Waals surface area contributed by atoms with E-state index < -0.39 is 23.2 Å². The fourth-order valence-electron chi connectivity index (χ4n) is 6.82. The SMILES string of the molecule is O=C1[C@@H]2[C@H]3CCCN3[C@@]3(C(=O)Nc4ccc(F)cc43)[C@@H]2C(=O)N1c1cccc2ccccc12. The van der Waals surface area contributed by atoms with Gasteiger partial charge in [0.25, 0.3) is 0 Å². The number of hydrogen-bond donors (Lipinski definition) is 1. The number of amides is 3. The minimum atomic E-state index is -1.37. The zero-order valence-corrected chi connectivity index (χ0v) is 17.6. The van der Waals surface area contributed by atoms with Crippen LogP contribution in [0.3, 0.4) is 0 Å². The monoisotopic (exact) mass is 441 g/mol. The molecule has 3 aromatic carbocycles. The van der Waals surface area contributed by atoms with Crippen LogP contribution in [0.15, 0.2) is 60.7 Å². The van der Waals surface area contributed by atoms with Crippen molar-refractivity contribution in [1.29, 1.82) is 0 Å². The van der Waals surface area contributed by atoms with Crippen LogP contribution < -0.4 is 10.2 Å². The highest BCUT2D eigenvalue weighted by Crippen LogP contribution is 2.60. The number of halogens is 1. The van der Waals surface area contributed by atoms with E-state index in [4.69, 9.17) is 0 Å². The highest BCUT2D eigenvalue weighted by molar-refractivity contribution is 6.28. The molecular formula is C26H20FN3O3. The molecular weight excluding hydrogens is 421 g/mol. The Hall–Kier alpha value is -3.58. The zero-order valence-electron chi connectivity index (χ0n) is 17.6. The van der Waals surface area contributed by atoms with Crippen LogP contribution in [0.2, 0.25) is 0 Å². The Morgan fingerprint density at radius 3 is 2.67 bits per heavy atom. The molecule has 4 heterocycles. The maximum atomic E-state index is 14.4. The van der Waals surface area contributed by atoms with Gasteiger partial charge in [-0.1, -0.05) is 36.4 Å². The molecule has 7 rings (SSSR count). The van der Waals surface area contributed by atoms with Crippen molar-refractivity contribution in [1.82, 2.24) is 4.90 Å². The fraction of sp³-hybridized carbons (Fsp3) is 0.269.